The first-order valence-corrected chi connectivity index (χ1v) is 4.91. The van der Waals surface area contributed by atoms with E-state index in [1.54, 1.807) is 6.07 Å². The minimum Gasteiger partial charge on any atom is -0.271 e. The molecule has 0 radical (unpaired) electrons. The highest BCUT2D eigenvalue weighted by Gasteiger charge is 2.31. The number of nitrogens with zero attached hydrogens (tertiary/aromatic N) is 1. The lowest BCUT2D eigenvalue weighted by atomic mass is 10.0. The third-order valence-electron chi connectivity index (χ3n) is 2.04. The molecule has 1 rings (SSSR count). The average molecular weight is 254 g/mol. The van der Waals surface area contributed by atoms with Crippen LogP contribution in [0.15, 0.2) is 18.5 Å². The lowest BCUT2D eigenvalue weighted by Gasteiger charge is -2.18. The Hall–Kier alpha value is -0.850. The molecular weight excluding hydrogens is 243 g/mol. The number of hydrogen-bond donors (Lipinski definition) is 2. The Bertz CT molecular complexity index is 343. The lowest BCUT2D eigenvalue weighted by molar-refractivity contribution is -0.140. The molecule has 0 saturated heterocycles. The molecular formula is C9H11ClF3N3. The van der Waals surface area contributed by atoms with Gasteiger partial charge in [0.15, 0.2) is 0 Å². The van der Waals surface area contributed by atoms with Crippen LogP contribution < -0.4 is 11.3 Å². The van der Waals surface area contributed by atoms with Crippen molar-refractivity contribution in [1.29, 1.82) is 0 Å². The number of hydrogen-bond acceptors (Lipinski definition) is 3. The predicted octanol–water partition coefficient (Wildman–Crippen LogP) is 2.06. The van der Waals surface area contributed by atoms with Gasteiger partial charge in [-0.05, 0) is 18.1 Å². The number of pyridine rings is 1. The van der Waals surface area contributed by atoms with Gasteiger partial charge in [-0.3, -0.25) is 16.3 Å². The van der Waals surface area contributed by atoms with Crippen molar-refractivity contribution in [2.75, 3.05) is 0 Å². The van der Waals surface area contributed by atoms with Gasteiger partial charge in [0.1, 0.15) is 0 Å². The Balaban J connectivity index is 2.67. The molecule has 0 aliphatic rings. The minimum atomic E-state index is -4.25. The van der Waals surface area contributed by atoms with E-state index in [-0.39, 0.29) is 6.42 Å². The fourth-order valence-corrected chi connectivity index (χ4v) is 1.50. The molecule has 16 heavy (non-hydrogen) atoms. The molecule has 3 N–H and O–H groups in total. The number of halogens is 4. The van der Waals surface area contributed by atoms with Crippen LogP contribution in [0.2, 0.25) is 5.02 Å². The van der Waals surface area contributed by atoms with E-state index in [1.165, 1.54) is 12.4 Å². The fraction of sp³-hybridized carbons (Fsp3) is 0.444. The van der Waals surface area contributed by atoms with E-state index >= 15 is 0 Å². The van der Waals surface area contributed by atoms with Crippen LogP contribution >= 0.6 is 11.6 Å². The molecule has 0 fully saturated rings. The van der Waals surface area contributed by atoms with E-state index in [4.69, 9.17) is 17.4 Å². The van der Waals surface area contributed by atoms with Crippen molar-refractivity contribution in [2.45, 2.75) is 25.1 Å². The molecule has 7 heteroatoms. The number of hydrazine groups is 1. The zero-order chi connectivity index (χ0) is 12.2. The van der Waals surface area contributed by atoms with Gasteiger partial charge in [-0.25, -0.2) is 0 Å². The molecule has 0 aromatic carbocycles. The minimum absolute atomic E-state index is 0.108. The molecule has 1 aromatic heterocycles. The molecule has 0 amide bonds. The smallest absolute Gasteiger partial charge is 0.271 e. The summed E-state index contributed by atoms with van der Waals surface area (Å²) >= 11 is 5.78. The zero-order valence-corrected chi connectivity index (χ0v) is 9.02. The van der Waals surface area contributed by atoms with E-state index in [2.05, 4.69) is 10.4 Å². The number of nitrogens with two attached hydrogens (primary N) is 1. The highest BCUT2D eigenvalue weighted by molar-refractivity contribution is 6.31. The second-order valence-electron chi connectivity index (χ2n) is 3.35. The first kappa shape index (κ1) is 13.2. The van der Waals surface area contributed by atoms with Gasteiger partial charge in [0.2, 0.25) is 0 Å². The predicted molar refractivity (Wildman–Crippen MR) is 54.7 cm³/mol. The van der Waals surface area contributed by atoms with Gasteiger partial charge in [-0.1, -0.05) is 11.6 Å². The standard InChI is InChI=1S/C9H11ClF3N3/c10-8-5-15-2-1-6(8)3-7(16-14)4-9(11,12)13/h1-2,5,7,16H,3-4,14H2. The van der Waals surface area contributed by atoms with Crippen LogP contribution in [0, 0.1) is 0 Å². The van der Waals surface area contributed by atoms with E-state index in [1.807, 2.05) is 0 Å². The highest BCUT2D eigenvalue weighted by Crippen LogP contribution is 2.24. The molecule has 0 bridgehead atoms. The summed E-state index contributed by atoms with van der Waals surface area (Å²) in [4.78, 5) is 3.75. The first-order chi connectivity index (χ1) is 7.42. The fourth-order valence-electron chi connectivity index (χ4n) is 1.30. The van der Waals surface area contributed by atoms with Crippen LogP contribution in [-0.4, -0.2) is 17.2 Å². The summed E-state index contributed by atoms with van der Waals surface area (Å²) in [5.74, 6) is 5.07. The van der Waals surface area contributed by atoms with E-state index in [0.29, 0.717) is 10.6 Å². The van der Waals surface area contributed by atoms with Crippen LogP contribution in [0.25, 0.3) is 0 Å². The quantitative estimate of drug-likeness (QED) is 0.638. The molecule has 0 saturated carbocycles. The van der Waals surface area contributed by atoms with Gasteiger partial charge >= 0.3 is 6.18 Å². The maximum absolute atomic E-state index is 12.2. The summed E-state index contributed by atoms with van der Waals surface area (Å²) in [6.45, 7) is 0. The Morgan fingerprint density at radius 1 is 1.50 bits per heavy atom. The van der Waals surface area contributed by atoms with Gasteiger partial charge in [-0.2, -0.15) is 13.2 Å². The monoisotopic (exact) mass is 253 g/mol. The van der Waals surface area contributed by atoms with E-state index in [0.717, 1.165) is 0 Å². The Morgan fingerprint density at radius 3 is 2.69 bits per heavy atom. The second-order valence-corrected chi connectivity index (χ2v) is 3.76. The van der Waals surface area contributed by atoms with Gasteiger partial charge < -0.3 is 0 Å². The molecule has 0 aliphatic heterocycles. The van der Waals surface area contributed by atoms with Gasteiger partial charge in [0, 0.05) is 18.4 Å². The molecule has 0 spiro atoms. The molecule has 1 unspecified atom stereocenters. The van der Waals surface area contributed by atoms with Crippen molar-refractivity contribution in [3.63, 3.8) is 0 Å². The second kappa shape index (κ2) is 5.47. The van der Waals surface area contributed by atoms with Crippen LogP contribution in [0.4, 0.5) is 13.2 Å². The topological polar surface area (TPSA) is 50.9 Å². The van der Waals surface area contributed by atoms with Crippen molar-refractivity contribution in [3.8, 4) is 0 Å². The van der Waals surface area contributed by atoms with Crippen molar-refractivity contribution < 1.29 is 13.2 Å². The molecule has 0 aliphatic carbocycles. The maximum Gasteiger partial charge on any atom is 0.390 e. The average Bonchev–Trinajstić information content (AvgIpc) is 2.18. The number of aromatic nitrogens is 1. The van der Waals surface area contributed by atoms with Crippen LogP contribution in [0.3, 0.4) is 0 Å². The normalized spacial score (nSPS) is 13.8. The summed E-state index contributed by atoms with van der Waals surface area (Å²) in [5.41, 5.74) is 2.72. The van der Waals surface area contributed by atoms with Crippen molar-refractivity contribution in [2.24, 2.45) is 5.84 Å². The number of nitrogens with one attached hydrogen (secondary N) is 1. The summed E-state index contributed by atoms with van der Waals surface area (Å²) in [5, 5.41) is 0.338. The molecule has 3 nitrogen and oxygen atoms in total. The Morgan fingerprint density at radius 2 is 2.19 bits per heavy atom. The van der Waals surface area contributed by atoms with Crippen LogP contribution in [0.5, 0.6) is 0 Å². The van der Waals surface area contributed by atoms with E-state index in [9.17, 15) is 13.2 Å². The summed E-state index contributed by atoms with van der Waals surface area (Å²) in [6.07, 6.45) is -2.28. The van der Waals surface area contributed by atoms with Gasteiger partial charge in [-0.15, -0.1) is 0 Å². The SMILES string of the molecule is NNC(Cc1ccncc1Cl)CC(F)(F)F. The third-order valence-corrected chi connectivity index (χ3v) is 2.38. The molecule has 90 valence electrons. The third kappa shape index (κ3) is 4.34. The molecule has 1 heterocycles. The summed E-state index contributed by atoms with van der Waals surface area (Å²) in [7, 11) is 0. The van der Waals surface area contributed by atoms with E-state index < -0.39 is 18.6 Å². The molecule has 1 atom stereocenters. The maximum atomic E-state index is 12.2. The van der Waals surface area contributed by atoms with Crippen LogP contribution in [0.1, 0.15) is 12.0 Å². The van der Waals surface area contributed by atoms with Crippen molar-refractivity contribution >= 4 is 11.6 Å². The van der Waals surface area contributed by atoms with Crippen molar-refractivity contribution in [3.05, 3.63) is 29.0 Å². The molecule has 1 aromatic rings. The Kier molecular flexibility index (Phi) is 4.52. The lowest BCUT2D eigenvalue weighted by Crippen LogP contribution is -2.40. The first-order valence-electron chi connectivity index (χ1n) is 4.53. The van der Waals surface area contributed by atoms with Crippen LogP contribution in [-0.2, 0) is 6.42 Å². The number of alkyl halides is 3. The largest absolute Gasteiger partial charge is 0.390 e. The summed E-state index contributed by atoms with van der Waals surface area (Å²) < 4.78 is 36.5. The summed E-state index contributed by atoms with van der Waals surface area (Å²) in [6, 6.07) is 0.683. The zero-order valence-electron chi connectivity index (χ0n) is 8.26. The Labute approximate surface area is 95.8 Å². The highest BCUT2D eigenvalue weighted by atomic mass is 35.5. The number of rotatable bonds is 4. The van der Waals surface area contributed by atoms with Gasteiger partial charge in [0.25, 0.3) is 0 Å². The van der Waals surface area contributed by atoms with Crippen molar-refractivity contribution in [1.82, 2.24) is 10.4 Å². The van der Waals surface area contributed by atoms with Gasteiger partial charge in [0.05, 0.1) is 11.4 Å².